The van der Waals surface area contributed by atoms with Crippen LogP contribution in [0.25, 0.3) is 0 Å². The fourth-order valence-corrected chi connectivity index (χ4v) is 1.03. The molecule has 3 heteroatoms. The predicted molar refractivity (Wildman–Crippen MR) is 53.8 cm³/mol. The van der Waals surface area contributed by atoms with Gasteiger partial charge in [-0.15, -0.1) is 11.6 Å². The summed E-state index contributed by atoms with van der Waals surface area (Å²) < 4.78 is 0. The van der Waals surface area contributed by atoms with E-state index in [4.69, 9.17) is 23.2 Å². The van der Waals surface area contributed by atoms with E-state index in [1.165, 1.54) is 6.08 Å². The summed E-state index contributed by atoms with van der Waals surface area (Å²) in [5, 5.41) is 0.429. The van der Waals surface area contributed by atoms with E-state index < -0.39 is 0 Å². The molecule has 0 fully saturated rings. The van der Waals surface area contributed by atoms with Gasteiger partial charge in [0.2, 0.25) is 0 Å². The third-order valence-electron chi connectivity index (χ3n) is 1.47. The first kappa shape index (κ1) is 12.0. The van der Waals surface area contributed by atoms with Gasteiger partial charge in [-0.1, -0.05) is 31.4 Å². The quantitative estimate of drug-likeness (QED) is 0.371. The number of alkyl halides is 1. The van der Waals surface area contributed by atoms with Crippen LogP contribution in [0.5, 0.6) is 0 Å². The molecule has 0 aliphatic rings. The van der Waals surface area contributed by atoms with Crippen molar-refractivity contribution >= 4 is 29.0 Å². The first-order valence-corrected chi connectivity index (χ1v) is 5.06. The van der Waals surface area contributed by atoms with Crippen LogP contribution in [0.2, 0.25) is 0 Å². The maximum Gasteiger partial charge on any atom is 0.156 e. The van der Waals surface area contributed by atoms with E-state index in [1.807, 2.05) is 0 Å². The summed E-state index contributed by atoms with van der Waals surface area (Å²) in [4.78, 5) is 11.1. The molecule has 0 aromatic heterocycles. The molecule has 0 rings (SSSR count). The molecule has 0 atom stereocenters. The van der Waals surface area contributed by atoms with Gasteiger partial charge in [-0.2, -0.15) is 0 Å². The SMILES string of the molecule is CCCCCC(=O)/C=C(\Cl)CCl. The van der Waals surface area contributed by atoms with Crippen LogP contribution < -0.4 is 0 Å². The van der Waals surface area contributed by atoms with Gasteiger partial charge in [0.15, 0.2) is 5.78 Å². The summed E-state index contributed by atoms with van der Waals surface area (Å²) in [6.45, 7) is 2.10. The number of halogens is 2. The second kappa shape index (κ2) is 7.63. The molecule has 0 aromatic carbocycles. The number of hydrogen-bond acceptors (Lipinski definition) is 1. The Morgan fingerprint density at radius 2 is 2.08 bits per heavy atom. The van der Waals surface area contributed by atoms with E-state index in [0.717, 1.165) is 19.3 Å². The van der Waals surface area contributed by atoms with Crippen LogP contribution in [0.1, 0.15) is 32.6 Å². The molecule has 70 valence electrons. The van der Waals surface area contributed by atoms with Gasteiger partial charge < -0.3 is 0 Å². The van der Waals surface area contributed by atoms with E-state index in [0.29, 0.717) is 11.5 Å². The van der Waals surface area contributed by atoms with Crippen LogP contribution in [0.3, 0.4) is 0 Å². The largest absolute Gasteiger partial charge is 0.295 e. The van der Waals surface area contributed by atoms with Crippen LogP contribution in [0, 0.1) is 0 Å². The minimum atomic E-state index is 0.0779. The summed E-state index contributed by atoms with van der Waals surface area (Å²) >= 11 is 11.0. The number of allylic oxidation sites excluding steroid dienone is 2. The zero-order chi connectivity index (χ0) is 9.40. The van der Waals surface area contributed by atoms with Gasteiger partial charge in [0.25, 0.3) is 0 Å². The lowest BCUT2D eigenvalue weighted by Crippen LogP contribution is -1.93. The minimum Gasteiger partial charge on any atom is -0.295 e. The van der Waals surface area contributed by atoms with Crippen LogP contribution in [0.15, 0.2) is 11.1 Å². The summed E-state index contributed by atoms with van der Waals surface area (Å²) in [5.41, 5.74) is 0. The zero-order valence-electron chi connectivity index (χ0n) is 7.28. The normalized spacial score (nSPS) is 11.8. The molecule has 0 bridgehead atoms. The van der Waals surface area contributed by atoms with E-state index >= 15 is 0 Å². The molecular formula is C9H14Cl2O. The molecule has 0 heterocycles. The lowest BCUT2D eigenvalue weighted by Gasteiger charge is -1.94. The van der Waals surface area contributed by atoms with Crippen molar-refractivity contribution in [3.05, 3.63) is 11.1 Å². The Kier molecular flexibility index (Phi) is 7.62. The standard InChI is InChI=1S/C9H14Cl2O/c1-2-3-4-5-9(12)6-8(11)7-10/h6H,2-5,7H2,1H3/b8-6-. The Hall–Kier alpha value is -0.0100. The summed E-state index contributed by atoms with van der Waals surface area (Å²) in [7, 11) is 0. The molecule has 0 radical (unpaired) electrons. The lowest BCUT2D eigenvalue weighted by atomic mass is 10.1. The van der Waals surface area contributed by atoms with E-state index in [2.05, 4.69) is 6.92 Å². The second-order valence-corrected chi connectivity index (χ2v) is 3.40. The monoisotopic (exact) mass is 208 g/mol. The van der Waals surface area contributed by atoms with Gasteiger partial charge in [-0.3, -0.25) is 4.79 Å². The summed E-state index contributed by atoms with van der Waals surface area (Å²) in [6, 6.07) is 0. The van der Waals surface area contributed by atoms with Crippen LogP contribution >= 0.6 is 23.2 Å². The van der Waals surface area contributed by atoms with Crippen molar-refractivity contribution in [1.82, 2.24) is 0 Å². The highest BCUT2D eigenvalue weighted by Crippen LogP contribution is 2.06. The molecule has 0 amide bonds. The maximum atomic E-state index is 11.1. The number of hydrogen-bond donors (Lipinski definition) is 0. The highest BCUT2D eigenvalue weighted by molar-refractivity contribution is 6.36. The van der Waals surface area contributed by atoms with Crippen molar-refractivity contribution in [2.75, 3.05) is 5.88 Å². The summed E-state index contributed by atoms with van der Waals surface area (Å²) in [5.74, 6) is 0.301. The second-order valence-electron chi connectivity index (χ2n) is 2.65. The molecular weight excluding hydrogens is 195 g/mol. The van der Waals surface area contributed by atoms with E-state index in [9.17, 15) is 4.79 Å². The number of carbonyl (C=O) groups excluding carboxylic acids is 1. The average molecular weight is 209 g/mol. The number of unbranched alkanes of at least 4 members (excludes halogenated alkanes) is 2. The van der Waals surface area contributed by atoms with Gasteiger partial charge in [0.1, 0.15) is 0 Å². The average Bonchev–Trinajstić information content (AvgIpc) is 2.05. The first-order valence-electron chi connectivity index (χ1n) is 4.15. The number of carbonyl (C=O) groups is 1. The first-order chi connectivity index (χ1) is 5.70. The van der Waals surface area contributed by atoms with Crippen molar-refractivity contribution in [1.29, 1.82) is 0 Å². The van der Waals surface area contributed by atoms with E-state index in [1.54, 1.807) is 0 Å². The zero-order valence-corrected chi connectivity index (χ0v) is 8.79. The Labute approximate surface area is 83.7 Å². The lowest BCUT2D eigenvalue weighted by molar-refractivity contribution is -0.114. The van der Waals surface area contributed by atoms with Gasteiger partial charge in [0, 0.05) is 11.5 Å². The molecule has 0 saturated carbocycles. The van der Waals surface area contributed by atoms with Gasteiger partial charge in [-0.25, -0.2) is 0 Å². The van der Waals surface area contributed by atoms with Crippen molar-refractivity contribution in [3.63, 3.8) is 0 Å². The van der Waals surface area contributed by atoms with Gasteiger partial charge >= 0.3 is 0 Å². The Bertz CT molecular complexity index is 164. The number of ketones is 1. The molecule has 0 saturated heterocycles. The van der Waals surface area contributed by atoms with Crippen molar-refractivity contribution in [3.8, 4) is 0 Å². The van der Waals surface area contributed by atoms with Crippen molar-refractivity contribution in [2.45, 2.75) is 32.6 Å². The van der Waals surface area contributed by atoms with Gasteiger partial charge in [-0.05, 0) is 12.5 Å². The number of rotatable bonds is 6. The van der Waals surface area contributed by atoms with Gasteiger partial charge in [0.05, 0.1) is 5.88 Å². The molecule has 0 aliphatic carbocycles. The van der Waals surface area contributed by atoms with Crippen molar-refractivity contribution in [2.24, 2.45) is 0 Å². The molecule has 0 N–H and O–H groups in total. The highest BCUT2D eigenvalue weighted by atomic mass is 35.5. The van der Waals surface area contributed by atoms with Crippen LogP contribution in [-0.2, 0) is 4.79 Å². The van der Waals surface area contributed by atoms with E-state index in [-0.39, 0.29) is 11.7 Å². The Morgan fingerprint density at radius 1 is 1.42 bits per heavy atom. The molecule has 1 nitrogen and oxygen atoms in total. The highest BCUT2D eigenvalue weighted by Gasteiger charge is 1.98. The van der Waals surface area contributed by atoms with Crippen LogP contribution in [0.4, 0.5) is 0 Å². The molecule has 0 spiro atoms. The smallest absolute Gasteiger partial charge is 0.156 e. The third-order valence-corrected chi connectivity index (χ3v) is 2.14. The summed E-state index contributed by atoms with van der Waals surface area (Å²) in [6.07, 6.45) is 5.17. The van der Waals surface area contributed by atoms with Crippen molar-refractivity contribution < 1.29 is 4.79 Å². The Morgan fingerprint density at radius 3 is 2.58 bits per heavy atom. The molecule has 0 aliphatic heterocycles. The van der Waals surface area contributed by atoms with Crippen LogP contribution in [-0.4, -0.2) is 11.7 Å². The minimum absolute atomic E-state index is 0.0779. The molecule has 0 aromatic rings. The topological polar surface area (TPSA) is 17.1 Å². The maximum absolute atomic E-state index is 11.1. The molecule has 0 unspecified atom stereocenters. The third kappa shape index (κ3) is 6.68. The molecule has 12 heavy (non-hydrogen) atoms. The predicted octanol–water partition coefficient (Wildman–Crippen LogP) is 3.50. The fourth-order valence-electron chi connectivity index (χ4n) is 0.835. The Balaban J connectivity index is 3.59. The fraction of sp³-hybridized carbons (Fsp3) is 0.667.